The van der Waals surface area contributed by atoms with E-state index in [-0.39, 0.29) is 5.91 Å². The number of aromatic nitrogens is 7. The molecule has 1 amide bonds. The zero-order valence-corrected chi connectivity index (χ0v) is 16.5. The first-order chi connectivity index (χ1) is 15.3. The van der Waals surface area contributed by atoms with Crippen molar-refractivity contribution in [1.29, 1.82) is 0 Å². The smallest absolute Gasteiger partial charge is 0.273 e. The zero-order valence-electron chi connectivity index (χ0n) is 16.5. The van der Waals surface area contributed by atoms with Gasteiger partial charge in [0.1, 0.15) is 11.7 Å². The average Bonchev–Trinajstić information content (AvgIpc) is 3.57. The molecular formula is C22H18N8O. The molecule has 1 N–H and O–H groups in total. The number of rotatable bonds is 3. The van der Waals surface area contributed by atoms with Gasteiger partial charge < -0.3 is 9.88 Å². The van der Waals surface area contributed by atoms with Crippen LogP contribution in [0.1, 0.15) is 33.6 Å². The predicted molar refractivity (Wildman–Crippen MR) is 112 cm³/mol. The summed E-state index contributed by atoms with van der Waals surface area (Å²) in [5.41, 5.74) is 4.05. The maximum Gasteiger partial charge on any atom is 0.273 e. The molecule has 0 radical (unpaired) electrons. The number of hydrogen-bond donors (Lipinski definition) is 1. The number of amides is 1. The highest BCUT2D eigenvalue weighted by molar-refractivity contribution is 5.93. The Kier molecular flexibility index (Phi) is 3.92. The van der Waals surface area contributed by atoms with Crippen LogP contribution in [0.2, 0.25) is 0 Å². The van der Waals surface area contributed by atoms with Crippen LogP contribution in [0.25, 0.3) is 11.3 Å². The van der Waals surface area contributed by atoms with E-state index in [1.807, 2.05) is 58.1 Å². The highest BCUT2D eigenvalue weighted by atomic mass is 16.2. The number of carbonyl (C=O) groups is 1. The van der Waals surface area contributed by atoms with Gasteiger partial charge in [-0.3, -0.25) is 4.79 Å². The highest BCUT2D eigenvalue weighted by Gasteiger charge is 2.37. The van der Waals surface area contributed by atoms with Gasteiger partial charge in [0.2, 0.25) is 0 Å². The molecule has 5 aromatic heterocycles. The van der Waals surface area contributed by atoms with Gasteiger partial charge in [-0.25, -0.2) is 19.2 Å². The molecule has 1 atom stereocenters. The number of fused-ring (bicyclic) bond motifs is 2. The fraction of sp³-hybridized carbons (Fsp3) is 0.136. The van der Waals surface area contributed by atoms with Crippen LogP contribution in [-0.4, -0.2) is 51.7 Å². The van der Waals surface area contributed by atoms with Crippen LogP contribution in [0, 0.1) is 0 Å². The lowest BCUT2D eigenvalue weighted by molar-refractivity contribution is 0.0677. The van der Waals surface area contributed by atoms with Crippen LogP contribution in [0.4, 0.5) is 0 Å². The highest BCUT2D eigenvalue weighted by Crippen LogP contribution is 2.34. The maximum atomic E-state index is 13.8. The van der Waals surface area contributed by atoms with E-state index in [1.54, 1.807) is 29.5 Å². The summed E-state index contributed by atoms with van der Waals surface area (Å²) in [4.78, 5) is 27.7. The van der Waals surface area contributed by atoms with E-state index in [2.05, 4.69) is 20.1 Å². The lowest BCUT2D eigenvalue weighted by atomic mass is 9.99. The second kappa shape index (κ2) is 6.91. The fourth-order valence-electron chi connectivity index (χ4n) is 4.16. The van der Waals surface area contributed by atoms with Crippen molar-refractivity contribution in [2.75, 3.05) is 6.54 Å². The quantitative estimate of drug-likeness (QED) is 0.493. The summed E-state index contributed by atoms with van der Waals surface area (Å²) in [6.07, 6.45) is 7.57. The van der Waals surface area contributed by atoms with Gasteiger partial charge in [-0.2, -0.15) is 10.2 Å². The molecule has 6 rings (SSSR count). The molecule has 152 valence electrons. The lowest BCUT2D eigenvalue weighted by Gasteiger charge is -2.33. The third-order valence-electron chi connectivity index (χ3n) is 5.58. The molecule has 9 nitrogen and oxygen atoms in total. The summed E-state index contributed by atoms with van der Waals surface area (Å²) in [6.45, 7) is 0.542. The molecule has 0 bridgehead atoms. The molecule has 0 aromatic carbocycles. The van der Waals surface area contributed by atoms with Gasteiger partial charge in [0.15, 0.2) is 5.82 Å². The van der Waals surface area contributed by atoms with Crippen molar-refractivity contribution < 1.29 is 4.79 Å². The number of nitrogens with one attached hydrogen (secondary N) is 1. The Balaban J connectivity index is 1.45. The van der Waals surface area contributed by atoms with Crippen LogP contribution >= 0.6 is 0 Å². The first-order valence-corrected chi connectivity index (χ1v) is 10.0. The van der Waals surface area contributed by atoms with Crippen molar-refractivity contribution in [3.05, 3.63) is 96.2 Å². The van der Waals surface area contributed by atoms with Crippen LogP contribution in [0.15, 0.2) is 73.4 Å². The number of carbonyl (C=O) groups excluding carboxylic acids is 1. The van der Waals surface area contributed by atoms with Crippen molar-refractivity contribution in [3.63, 3.8) is 0 Å². The minimum atomic E-state index is -0.394. The SMILES string of the molecule is O=C(c1ccnn1-c1ccccn1)N1CCc2[nH]cnc2C1c1cc2ccccn2n1. The normalized spacial score (nSPS) is 15.9. The summed E-state index contributed by atoms with van der Waals surface area (Å²) < 4.78 is 3.39. The molecule has 31 heavy (non-hydrogen) atoms. The molecule has 0 saturated heterocycles. The summed E-state index contributed by atoms with van der Waals surface area (Å²) in [6, 6.07) is 14.7. The number of nitrogens with zero attached hydrogens (tertiary/aromatic N) is 7. The first kappa shape index (κ1) is 17.6. The van der Waals surface area contributed by atoms with Gasteiger partial charge in [-0.15, -0.1) is 0 Å². The largest absolute Gasteiger partial charge is 0.348 e. The summed E-state index contributed by atoms with van der Waals surface area (Å²) in [5, 5.41) is 9.08. The molecule has 0 saturated carbocycles. The Morgan fingerprint density at radius 2 is 2.00 bits per heavy atom. The summed E-state index contributed by atoms with van der Waals surface area (Å²) in [7, 11) is 0. The fourth-order valence-corrected chi connectivity index (χ4v) is 4.16. The first-order valence-electron chi connectivity index (χ1n) is 10.0. The van der Waals surface area contributed by atoms with Crippen LogP contribution in [-0.2, 0) is 6.42 Å². The lowest BCUT2D eigenvalue weighted by Crippen LogP contribution is -2.41. The Morgan fingerprint density at radius 1 is 1.06 bits per heavy atom. The number of imidazole rings is 1. The van der Waals surface area contributed by atoms with Gasteiger partial charge in [0, 0.05) is 31.1 Å². The zero-order chi connectivity index (χ0) is 20.8. The van der Waals surface area contributed by atoms with Crippen LogP contribution in [0.3, 0.4) is 0 Å². The van der Waals surface area contributed by atoms with Crippen molar-refractivity contribution in [2.24, 2.45) is 0 Å². The average molecular weight is 410 g/mol. The minimum absolute atomic E-state index is 0.140. The monoisotopic (exact) mass is 410 g/mol. The molecular weight excluding hydrogens is 392 g/mol. The number of pyridine rings is 2. The van der Waals surface area contributed by atoms with Crippen LogP contribution < -0.4 is 0 Å². The Hall–Kier alpha value is -4.27. The molecule has 1 unspecified atom stereocenters. The summed E-state index contributed by atoms with van der Waals surface area (Å²) in [5.74, 6) is 0.455. The van der Waals surface area contributed by atoms with Crippen molar-refractivity contribution in [3.8, 4) is 5.82 Å². The van der Waals surface area contributed by atoms with E-state index < -0.39 is 6.04 Å². The molecule has 6 heterocycles. The molecule has 0 aliphatic carbocycles. The van der Waals surface area contributed by atoms with Gasteiger partial charge in [-0.05, 0) is 36.4 Å². The van der Waals surface area contributed by atoms with E-state index in [4.69, 9.17) is 5.10 Å². The molecule has 1 aliphatic rings. The Labute approximate surface area is 177 Å². The standard InChI is InChI=1S/C22H18N8O/c31-22(18-7-10-26-30(18)19-6-1-3-9-23-19)28-12-8-16-20(25-14-24-16)21(28)17-13-15-5-2-4-11-29(15)27-17/h1-7,9-11,13-14,21H,8,12H2,(H,24,25). The van der Waals surface area contributed by atoms with E-state index in [0.29, 0.717) is 24.5 Å². The maximum absolute atomic E-state index is 13.8. The third kappa shape index (κ3) is 2.82. The molecule has 0 fully saturated rings. The predicted octanol–water partition coefficient (Wildman–Crippen LogP) is 2.43. The van der Waals surface area contributed by atoms with Crippen molar-refractivity contribution in [1.82, 2.24) is 39.2 Å². The molecule has 0 spiro atoms. The minimum Gasteiger partial charge on any atom is -0.348 e. The van der Waals surface area contributed by atoms with Gasteiger partial charge in [0.25, 0.3) is 5.91 Å². The van der Waals surface area contributed by atoms with Crippen molar-refractivity contribution in [2.45, 2.75) is 12.5 Å². The molecule has 9 heteroatoms. The third-order valence-corrected chi connectivity index (χ3v) is 5.58. The van der Waals surface area contributed by atoms with Crippen molar-refractivity contribution >= 4 is 11.4 Å². The number of aromatic amines is 1. The van der Waals surface area contributed by atoms with Gasteiger partial charge in [-0.1, -0.05) is 12.1 Å². The number of H-pyrrole nitrogens is 1. The van der Waals surface area contributed by atoms with E-state index in [0.717, 1.165) is 22.6 Å². The van der Waals surface area contributed by atoms with Gasteiger partial charge in [0.05, 0.1) is 29.4 Å². The molecule has 1 aliphatic heterocycles. The van der Waals surface area contributed by atoms with Gasteiger partial charge >= 0.3 is 0 Å². The molecule has 5 aromatic rings. The summed E-state index contributed by atoms with van der Waals surface area (Å²) >= 11 is 0. The van der Waals surface area contributed by atoms with Crippen LogP contribution in [0.5, 0.6) is 0 Å². The van der Waals surface area contributed by atoms with E-state index in [9.17, 15) is 4.79 Å². The Bertz CT molecular complexity index is 1350. The second-order valence-electron chi connectivity index (χ2n) is 7.37. The Morgan fingerprint density at radius 3 is 2.87 bits per heavy atom. The number of hydrogen-bond acceptors (Lipinski definition) is 5. The second-order valence-corrected chi connectivity index (χ2v) is 7.37. The topological polar surface area (TPSA) is 97.0 Å². The van der Waals surface area contributed by atoms with E-state index in [1.165, 1.54) is 0 Å². The van der Waals surface area contributed by atoms with E-state index >= 15 is 0 Å².